The fourth-order valence-corrected chi connectivity index (χ4v) is 1.61. The van der Waals surface area contributed by atoms with E-state index in [0.717, 1.165) is 19.5 Å². The fourth-order valence-electron chi connectivity index (χ4n) is 1.61. The van der Waals surface area contributed by atoms with Crippen LogP contribution in [0.25, 0.3) is 0 Å². The van der Waals surface area contributed by atoms with Crippen LogP contribution < -0.4 is 5.73 Å². The van der Waals surface area contributed by atoms with Crippen LogP contribution in [0.15, 0.2) is 10.2 Å². The molecule has 1 aliphatic rings. The minimum atomic E-state index is 0.143. The maximum Gasteiger partial charge on any atom is 0.101 e. The third-order valence-corrected chi connectivity index (χ3v) is 2.53. The Labute approximate surface area is 84.9 Å². The van der Waals surface area contributed by atoms with Crippen molar-refractivity contribution in [1.29, 1.82) is 5.41 Å². The van der Waals surface area contributed by atoms with Crippen LogP contribution in [0, 0.1) is 11.3 Å². The van der Waals surface area contributed by atoms with Crippen LogP contribution in [0.1, 0.15) is 13.3 Å². The molecule has 0 bridgehead atoms. The average molecular weight is 197 g/mol. The molecule has 5 nitrogen and oxygen atoms in total. The zero-order chi connectivity index (χ0) is 10.6. The lowest BCUT2D eigenvalue weighted by atomic mass is 10.1. The topological polar surface area (TPSA) is 77.8 Å². The minimum absolute atomic E-state index is 0.143. The molecular weight excluding hydrogens is 178 g/mol. The van der Waals surface area contributed by atoms with Gasteiger partial charge in [0.05, 0.1) is 6.54 Å². The summed E-state index contributed by atoms with van der Waals surface area (Å²) < 4.78 is 0. The number of hydrogen-bond donors (Lipinski definition) is 2. The predicted octanol–water partition coefficient (Wildman–Crippen LogP) is 0.715. The van der Waals surface area contributed by atoms with Gasteiger partial charge < -0.3 is 10.6 Å². The van der Waals surface area contributed by atoms with Crippen LogP contribution in [0.2, 0.25) is 0 Å². The van der Waals surface area contributed by atoms with Crippen molar-refractivity contribution < 1.29 is 0 Å². The summed E-state index contributed by atoms with van der Waals surface area (Å²) in [7, 11) is 1.65. The molecule has 0 radical (unpaired) electrons. The largest absolute Gasteiger partial charge is 0.359 e. The van der Waals surface area contributed by atoms with Gasteiger partial charge in [-0.15, -0.1) is 0 Å². The molecule has 5 heteroatoms. The first kappa shape index (κ1) is 11.1. The molecule has 14 heavy (non-hydrogen) atoms. The summed E-state index contributed by atoms with van der Waals surface area (Å²) >= 11 is 0. The molecule has 1 heterocycles. The van der Waals surface area contributed by atoms with E-state index < -0.39 is 0 Å². The van der Waals surface area contributed by atoms with Gasteiger partial charge in [0.2, 0.25) is 0 Å². The molecule has 2 atom stereocenters. The fraction of sp³-hybridized carbons (Fsp3) is 0.889. The molecule has 0 spiro atoms. The second-order valence-corrected chi connectivity index (χ2v) is 3.81. The summed E-state index contributed by atoms with van der Waals surface area (Å²) in [5.41, 5.74) is 5.78. The van der Waals surface area contributed by atoms with Crippen molar-refractivity contribution in [3.8, 4) is 0 Å². The van der Waals surface area contributed by atoms with E-state index in [2.05, 4.69) is 10.2 Å². The SMILES string of the molecule is CN=NCC(C)C(=N)N1CCC(N)C1. The molecule has 1 rings (SSSR count). The average Bonchev–Trinajstić information content (AvgIpc) is 2.60. The molecule has 0 amide bonds. The van der Waals surface area contributed by atoms with Crippen LogP contribution in [-0.2, 0) is 0 Å². The molecule has 1 fully saturated rings. The Kier molecular flexibility index (Phi) is 4.00. The number of nitrogens with two attached hydrogens (primary N) is 1. The summed E-state index contributed by atoms with van der Waals surface area (Å²) in [6.07, 6.45) is 0.990. The van der Waals surface area contributed by atoms with Gasteiger partial charge in [-0.25, -0.2) is 0 Å². The number of nitrogens with one attached hydrogen (secondary N) is 1. The van der Waals surface area contributed by atoms with E-state index >= 15 is 0 Å². The Morgan fingerprint density at radius 1 is 1.71 bits per heavy atom. The molecule has 0 saturated carbocycles. The van der Waals surface area contributed by atoms with Crippen LogP contribution in [0.5, 0.6) is 0 Å². The highest BCUT2D eigenvalue weighted by atomic mass is 15.2. The Morgan fingerprint density at radius 3 is 2.93 bits per heavy atom. The second kappa shape index (κ2) is 5.05. The van der Waals surface area contributed by atoms with Gasteiger partial charge in [-0.05, 0) is 6.42 Å². The van der Waals surface area contributed by atoms with Crippen LogP contribution in [-0.4, -0.2) is 43.5 Å². The summed E-state index contributed by atoms with van der Waals surface area (Å²) in [5, 5.41) is 15.5. The van der Waals surface area contributed by atoms with Gasteiger partial charge in [0.15, 0.2) is 0 Å². The third-order valence-electron chi connectivity index (χ3n) is 2.53. The lowest BCUT2D eigenvalue weighted by Gasteiger charge is -2.22. The molecular formula is C9H19N5. The summed E-state index contributed by atoms with van der Waals surface area (Å²) in [5.74, 6) is 0.786. The first-order chi connectivity index (χ1) is 6.65. The molecule has 3 N–H and O–H groups in total. The first-order valence-electron chi connectivity index (χ1n) is 4.99. The number of nitrogens with zero attached hydrogens (tertiary/aromatic N) is 3. The number of rotatable bonds is 3. The van der Waals surface area contributed by atoms with E-state index in [9.17, 15) is 0 Å². The molecule has 0 aromatic heterocycles. The van der Waals surface area contributed by atoms with Crippen LogP contribution in [0.3, 0.4) is 0 Å². The van der Waals surface area contributed by atoms with E-state index in [0.29, 0.717) is 12.4 Å². The van der Waals surface area contributed by atoms with E-state index in [1.54, 1.807) is 7.05 Å². The van der Waals surface area contributed by atoms with Crippen molar-refractivity contribution in [2.45, 2.75) is 19.4 Å². The van der Waals surface area contributed by atoms with Crippen molar-refractivity contribution in [2.24, 2.45) is 21.9 Å². The third kappa shape index (κ3) is 2.77. The van der Waals surface area contributed by atoms with Gasteiger partial charge >= 0.3 is 0 Å². The number of amidine groups is 1. The first-order valence-corrected chi connectivity index (χ1v) is 4.99. The van der Waals surface area contributed by atoms with E-state index in [1.165, 1.54) is 0 Å². The lowest BCUT2D eigenvalue weighted by Crippen LogP contribution is -2.35. The van der Waals surface area contributed by atoms with Gasteiger partial charge in [-0.1, -0.05) is 6.92 Å². The van der Waals surface area contributed by atoms with Gasteiger partial charge in [-0.2, -0.15) is 10.2 Å². The van der Waals surface area contributed by atoms with Crippen LogP contribution in [0.4, 0.5) is 0 Å². The van der Waals surface area contributed by atoms with Gasteiger partial charge in [0.25, 0.3) is 0 Å². The molecule has 1 aliphatic heterocycles. The van der Waals surface area contributed by atoms with Crippen molar-refractivity contribution in [1.82, 2.24) is 4.90 Å². The molecule has 1 saturated heterocycles. The normalized spacial score (nSPS) is 24.5. The number of hydrogen-bond acceptors (Lipinski definition) is 4. The molecule has 80 valence electrons. The second-order valence-electron chi connectivity index (χ2n) is 3.81. The van der Waals surface area contributed by atoms with Crippen molar-refractivity contribution in [3.63, 3.8) is 0 Å². The predicted molar refractivity (Wildman–Crippen MR) is 56.7 cm³/mol. The minimum Gasteiger partial charge on any atom is -0.359 e. The highest BCUT2D eigenvalue weighted by Gasteiger charge is 2.23. The van der Waals surface area contributed by atoms with Gasteiger partial charge in [0, 0.05) is 32.1 Å². The Balaban J connectivity index is 2.40. The molecule has 0 aromatic rings. The van der Waals surface area contributed by atoms with E-state index in [1.807, 2.05) is 11.8 Å². The van der Waals surface area contributed by atoms with Crippen molar-refractivity contribution in [2.75, 3.05) is 26.7 Å². The highest BCUT2D eigenvalue weighted by molar-refractivity contribution is 5.81. The maximum absolute atomic E-state index is 7.93. The van der Waals surface area contributed by atoms with Crippen molar-refractivity contribution in [3.05, 3.63) is 0 Å². The van der Waals surface area contributed by atoms with Crippen LogP contribution >= 0.6 is 0 Å². The summed E-state index contributed by atoms with van der Waals surface area (Å²) in [6.45, 7) is 4.32. The standard InChI is InChI=1S/C9H19N5/c1-7(5-13-12-2)9(11)14-4-3-8(10)6-14/h7-8,11H,3-6,10H2,1-2H3. The smallest absolute Gasteiger partial charge is 0.101 e. The molecule has 0 aliphatic carbocycles. The lowest BCUT2D eigenvalue weighted by molar-refractivity contribution is 0.470. The van der Waals surface area contributed by atoms with Gasteiger partial charge in [-0.3, -0.25) is 5.41 Å². The Hall–Kier alpha value is -0.970. The maximum atomic E-state index is 7.93. The Bertz CT molecular complexity index is 225. The highest BCUT2D eigenvalue weighted by Crippen LogP contribution is 2.12. The zero-order valence-electron chi connectivity index (χ0n) is 8.90. The molecule has 2 unspecified atom stereocenters. The van der Waals surface area contributed by atoms with Crippen molar-refractivity contribution >= 4 is 5.84 Å². The molecule has 0 aromatic carbocycles. The summed E-state index contributed by atoms with van der Waals surface area (Å²) in [4.78, 5) is 2.04. The number of azo groups is 1. The monoisotopic (exact) mass is 197 g/mol. The summed E-state index contributed by atoms with van der Waals surface area (Å²) in [6, 6.07) is 0.232. The van der Waals surface area contributed by atoms with E-state index in [4.69, 9.17) is 11.1 Å². The Morgan fingerprint density at radius 2 is 2.43 bits per heavy atom. The quantitative estimate of drug-likeness (QED) is 0.397. The van der Waals surface area contributed by atoms with E-state index in [-0.39, 0.29) is 12.0 Å². The number of likely N-dealkylation sites (tertiary alicyclic amines) is 1. The zero-order valence-corrected chi connectivity index (χ0v) is 8.90. The van der Waals surface area contributed by atoms with Gasteiger partial charge in [0.1, 0.15) is 5.84 Å².